The molecule has 0 unspecified atom stereocenters. The second-order valence-corrected chi connectivity index (χ2v) is 6.24. The summed E-state index contributed by atoms with van der Waals surface area (Å²) < 4.78 is 26.1. The molecule has 0 aliphatic heterocycles. The maximum atomic E-state index is 11.7. The zero-order chi connectivity index (χ0) is 13.4. The molecule has 0 fully saturated rings. The Labute approximate surface area is 110 Å². The van der Waals surface area contributed by atoms with Crippen LogP contribution in [0.4, 0.5) is 0 Å². The van der Waals surface area contributed by atoms with E-state index in [1.54, 1.807) is 0 Å². The number of hydrogen-bond acceptors (Lipinski definition) is 3. The molecule has 18 heavy (non-hydrogen) atoms. The summed E-state index contributed by atoms with van der Waals surface area (Å²) in [7, 11) is -3.19. The Balaban J connectivity index is 2.40. The van der Waals surface area contributed by atoms with Gasteiger partial charge in [0.05, 0.1) is 5.75 Å². The lowest BCUT2D eigenvalue weighted by Gasteiger charge is -2.09. The Bertz CT molecular complexity index is 458. The van der Waals surface area contributed by atoms with Crippen molar-refractivity contribution >= 4 is 10.0 Å². The molecule has 0 spiro atoms. The van der Waals surface area contributed by atoms with Gasteiger partial charge < -0.3 is 5.32 Å². The predicted octanol–water partition coefficient (Wildman–Crippen LogP) is 1.41. The van der Waals surface area contributed by atoms with Gasteiger partial charge in [-0.2, -0.15) is 0 Å². The van der Waals surface area contributed by atoms with Gasteiger partial charge in [-0.05, 0) is 31.0 Å². The van der Waals surface area contributed by atoms with Crippen molar-refractivity contribution in [3.05, 3.63) is 35.4 Å². The first-order valence-corrected chi connectivity index (χ1v) is 7.93. The second kappa shape index (κ2) is 7.51. The van der Waals surface area contributed by atoms with Crippen LogP contribution < -0.4 is 10.0 Å². The highest BCUT2D eigenvalue weighted by molar-refractivity contribution is 7.89. The fraction of sp³-hybridized carbons (Fsp3) is 0.538. The Morgan fingerprint density at radius 3 is 2.56 bits per heavy atom. The summed E-state index contributed by atoms with van der Waals surface area (Å²) >= 11 is 0. The molecular weight excluding hydrogens is 248 g/mol. The van der Waals surface area contributed by atoms with E-state index in [-0.39, 0.29) is 5.75 Å². The molecular formula is C13H22N2O2S. The fourth-order valence-corrected chi connectivity index (χ4v) is 2.51. The van der Waals surface area contributed by atoms with Crippen LogP contribution in [0.3, 0.4) is 0 Å². The van der Waals surface area contributed by atoms with Gasteiger partial charge in [0.25, 0.3) is 0 Å². The average molecular weight is 270 g/mol. The van der Waals surface area contributed by atoms with Crippen molar-refractivity contribution in [1.82, 2.24) is 10.0 Å². The van der Waals surface area contributed by atoms with E-state index in [1.807, 2.05) is 31.2 Å². The van der Waals surface area contributed by atoms with Crippen molar-refractivity contribution in [1.29, 1.82) is 0 Å². The molecule has 4 nitrogen and oxygen atoms in total. The van der Waals surface area contributed by atoms with Crippen LogP contribution in [0.5, 0.6) is 0 Å². The van der Waals surface area contributed by atoms with Crippen LogP contribution in [0.25, 0.3) is 0 Å². The SMILES string of the molecule is CCCNCCS(=O)(=O)NCc1ccccc1C. The first-order chi connectivity index (χ1) is 8.55. The number of rotatable bonds is 8. The van der Waals surface area contributed by atoms with Crippen molar-refractivity contribution in [2.24, 2.45) is 0 Å². The van der Waals surface area contributed by atoms with E-state index in [0.717, 1.165) is 24.1 Å². The zero-order valence-corrected chi connectivity index (χ0v) is 11.9. The van der Waals surface area contributed by atoms with Crippen LogP contribution in [-0.2, 0) is 16.6 Å². The first kappa shape index (κ1) is 15.1. The maximum Gasteiger partial charge on any atom is 0.213 e. The Morgan fingerprint density at radius 2 is 1.89 bits per heavy atom. The predicted molar refractivity (Wildman–Crippen MR) is 75.0 cm³/mol. The quantitative estimate of drug-likeness (QED) is 0.702. The van der Waals surface area contributed by atoms with Gasteiger partial charge in [-0.15, -0.1) is 0 Å². The molecule has 0 saturated carbocycles. The largest absolute Gasteiger partial charge is 0.316 e. The lowest BCUT2D eigenvalue weighted by Crippen LogP contribution is -2.32. The molecule has 0 atom stereocenters. The summed E-state index contributed by atoms with van der Waals surface area (Å²) in [5, 5.41) is 3.08. The van der Waals surface area contributed by atoms with E-state index in [4.69, 9.17) is 0 Å². The molecule has 0 bridgehead atoms. The second-order valence-electron chi connectivity index (χ2n) is 4.32. The summed E-state index contributed by atoms with van der Waals surface area (Å²) in [6, 6.07) is 7.78. The van der Waals surface area contributed by atoms with E-state index in [1.165, 1.54) is 0 Å². The van der Waals surface area contributed by atoms with Gasteiger partial charge in [-0.1, -0.05) is 31.2 Å². The van der Waals surface area contributed by atoms with Crippen LogP contribution in [-0.4, -0.2) is 27.3 Å². The highest BCUT2D eigenvalue weighted by Gasteiger charge is 2.09. The van der Waals surface area contributed by atoms with Crippen LogP contribution in [0.2, 0.25) is 0 Å². The molecule has 0 radical (unpaired) electrons. The molecule has 0 aliphatic rings. The monoisotopic (exact) mass is 270 g/mol. The number of sulfonamides is 1. The minimum Gasteiger partial charge on any atom is -0.316 e. The third-order valence-electron chi connectivity index (χ3n) is 2.72. The lowest BCUT2D eigenvalue weighted by atomic mass is 10.1. The molecule has 0 aliphatic carbocycles. The molecule has 1 rings (SSSR count). The lowest BCUT2D eigenvalue weighted by molar-refractivity contribution is 0.576. The van der Waals surface area contributed by atoms with E-state index >= 15 is 0 Å². The van der Waals surface area contributed by atoms with E-state index < -0.39 is 10.0 Å². The average Bonchev–Trinajstić information content (AvgIpc) is 2.34. The van der Waals surface area contributed by atoms with Crippen molar-refractivity contribution in [3.63, 3.8) is 0 Å². The van der Waals surface area contributed by atoms with Crippen molar-refractivity contribution in [3.8, 4) is 0 Å². The van der Waals surface area contributed by atoms with E-state index in [9.17, 15) is 8.42 Å². The summed E-state index contributed by atoms with van der Waals surface area (Å²) in [6.07, 6.45) is 1.01. The van der Waals surface area contributed by atoms with E-state index in [0.29, 0.717) is 13.1 Å². The fourth-order valence-electron chi connectivity index (χ4n) is 1.58. The molecule has 0 heterocycles. The first-order valence-electron chi connectivity index (χ1n) is 6.27. The Kier molecular flexibility index (Phi) is 6.32. The maximum absolute atomic E-state index is 11.7. The van der Waals surface area contributed by atoms with Crippen molar-refractivity contribution in [2.45, 2.75) is 26.8 Å². The van der Waals surface area contributed by atoms with Gasteiger partial charge >= 0.3 is 0 Å². The summed E-state index contributed by atoms with van der Waals surface area (Å²) in [5.74, 6) is 0.124. The number of hydrogen-bond donors (Lipinski definition) is 2. The highest BCUT2D eigenvalue weighted by Crippen LogP contribution is 2.06. The van der Waals surface area contributed by atoms with Crippen LogP contribution in [0, 0.1) is 6.92 Å². The molecule has 1 aromatic rings. The topological polar surface area (TPSA) is 58.2 Å². The molecule has 0 saturated heterocycles. The van der Waals surface area contributed by atoms with Gasteiger partial charge in [-0.3, -0.25) is 0 Å². The number of aryl methyl sites for hydroxylation is 1. The van der Waals surface area contributed by atoms with Gasteiger partial charge in [-0.25, -0.2) is 13.1 Å². The Morgan fingerprint density at radius 1 is 1.17 bits per heavy atom. The molecule has 5 heteroatoms. The van der Waals surface area contributed by atoms with Crippen LogP contribution in [0.1, 0.15) is 24.5 Å². The van der Waals surface area contributed by atoms with Crippen molar-refractivity contribution in [2.75, 3.05) is 18.8 Å². The van der Waals surface area contributed by atoms with Crippen LogP contribution >= 0.6 is 0 Å². The molecule has 2 N–H and O–H groups in total. The zero-order valence-electron chi connectivity index (χ0n) is 11.1. The van der Waals surface area contributed by atoms with Crippen molar-refractivity contribution < 1.29 is 8.42 Å². The number of benzene rings is 1. The molecule has 1 aromatic carbocycles. The summed E-state index contributed by atoms with van der Waals surface area (Å²) in [4.78, 5) is 0. The smallest absolute Gasteiger partial charge is 0.213 e. The summed E-state index contributed by atoms with van der Waals surface area (Å²) in [6.45, 7) is 5.75. The highest BCUT2D eigenvalue weighted by atomic mass is 32.2. The van der Waals surface area contributed by atoms with Gasteiger partial charge in [0.2, 0.25) is 10.0 Å². The normalized spacial score (nSPS) is 11.7. The summed E-state index contributed by atoms with van der Waals surface area (Å²) in [5.41, 5.74) is 2.12. The standard InChI is InChI=1S/C13H22N2O2S/c1-3-8-14-9-10-18(16,17)15-11-13-7-5-4-6-12(13)2/h4-7,14-15H,3,8-11H2,1-2H3. The third-order valence-corrected chi connectivity index (χ3v) is 4.04. The van der Waals surface area contributed by atoms with E-state index in [2.05, 4.69) is 17.0 Å². The van der Waals surface area contributed by atoms with Gasteiger partial charge in [0.15, 0.2) is 0 Å². The third kappa shape index (κ3) is 5.62. The minimum atomic E-state index is -3.19. The van der Waals surface area contributed by atoms with Crippen LogP contribution in [0.15, 0.2) is 24.3 Å². The molecule has 0 aromatic heterocycles. The number of nitrogens with one attached hydrogen (secondary N) is 2. The van der Waals surface area contributed by atoms with Gasteiger partial charge in [0.1, 0.15) is 0 Å². The Hall–Kier alpha value is -0.910. The molecule has 0 amide bonds. The molecule has 102 valence electrons. The minimum absolute atomic E-state index is 0.124. The van der Waals surface area contributed by atoms with Gasteiger partial charge in [0, 0.05) is 13.1 Å².